The molecule has 13 heavy (non-hydrogen) atoms. The van der Waals surface area contributed by atoms with E-state index in [1.807, 2.05) is 6.07 Å². The van der Waals surface area contributed by atoms with Gasteiger partial charge in [0, 0.05) is 0 Å². The van der Waals surface area contributed by atoms with Crippen LogP contribution in [0.3, 0.4) is 0 Å². The number of hydrogen-bond acceptors (Lipinski definition) is 1. The molecule has 0 aliphatic carbocycles. The topological polar surface area (TPSA) is 0 Å². The summed E-state index contributed by atoms with van der Waals surface area (Å²) in [4.78, 5) is 1.24. The molecule has 72 valence electrons. The molecule has 0 aliphatic heterocycles. The minimum atomic E-state index is 0. The van der Waals surface area contributed by atoms with Gasteiger partial charge in [-0.15, -0.1) is 0 Å². The third-order valence-electron chi connectivity index (χ3n) is 1.84. The van der Waals surface area contributed by atoms with E-state index < -0.39 is 0 Å². The van der Waals surface area contributed by atoms with Gasteiger partial charge in [0.1, 0.15) is 0 Å². The van der Waals surface area contributed by atoms with E-state index in [9.17, 15) is 0 Å². The molecular formula is C10H14CuLiS. The summed E-state index contributed by atoms with van der Waals surface area (Å²) in [6.45, 7) is 2.21. The van der Waals surface area contributed by atoms with E-state index >= 15 is 0 Å². The van der Waals surface area contributed by atoms with Crippen LogP contribution in [0, 0.1) is 0 Å². The van der Waals surface area contributed by atoms with E-state index in [4.69, 9.17) is 14.9 Å². The molecule has 1 aromatic carbocycles. The van der Waals surface area contributed by atoms with Gasteiger partial charge in [-0.2, -0.15) is 0 Å². The minimum absolute atomic E-state index is 0. The second-order valence-electron chi connectivity index (χ2n) is 2.77. The van der Waals surface area contributed by atoms with Crippen LogP contribution in [-0.2, 0) is 21.3 Å². The molecule has 0 saturated heterocycles. The van der Waals surface area contributed by atoms with Crippen LogP contribution < -0.4 is 0 Å². The number of hydrogen-bond donors (Lipinski definition) is 0. The molecule has 0 atom stereocenters. The normalized spacial score (nSPS) is 9.46. The van der Waals surface area contributed by atoms with Gasteiger partial charge in [0.05, 0.1) is 0 Å². The first kappa shape index (κ1) is 13.7. The first-order valence-electron chi connectivity index (χ1n) is 4.22. The Morgan fingerprint density at radius 3 is 2.62 bits per heavy atom. The van der Waals surface area contributed by atoms with Crippen molar-refractivity contribution < 1.29 is 14.9 Å². The van der Waals surface area contributed by atoms with Gasteiger partial charge in [-0.3, -0.25) is 0 Å². The Bertz CT molecular complexity index is 240. The van der Waals surface area contributed by atoms with E-state index in [-0.39, 0.29) is 18.9 Å². The summed E-state index contributed by atoms with van der Waals surface area (Å²) in [6.07, 6.45) is 3.66. The Kier molecular flexibility index (Phi) is 8.46. The second-order valence-corrected chi connectivity index (χ2v) is 3.91. The Balaban J connectivity index is 0.00000144. The summed E-state index contributed by atoms with van der Waals surface area (Å²) in [5, 5.41) is 0. The summed E-state index contributed by atoms with van der Waals surface area (Å²) >= 11 is 5.11. The molecule has 1 rings (SSSR count). The summed E-state index contributed by atoms with van der Waals surface area (Å²) in [5.74, 6) is 0. The summed E-state index contributed by atoms with van der Waals surface area (Å²) in [7, 11) is 1.41. The second kappa shape index (κ2) is 8.03. The van der Waals surface area contributed by atoms with Crippen molar-refractivity contribution in [1.29, 1.82) is 0 Å². The maximum atomic E-state index is 5.11. The zero-order valence-electron chi connectivity index (χ0n) is 7.14. The molecular weight excluding hydrogens is 223 g/mol. The molecule has 0 radical (unpaired) electrons. The zero-order chi connectivity index (χ0) is 8.81. The standard InChI is InChI=1S/C10H14S.Cu.Li.H/c1-2-3-6-9-7-4-5-8-10(9)11;;;/h4-5,7-8,11H,2-3,6H2,1H3;;;/q;+1;;/p-1. The van der Waals surface area contributed by atoms with E-state index in [1.54, 1.807) is 0 Å². The van der Waals surface area contributed by atoms with Gasteiger partial charge in [-0.05, 0) is 0 Å². The van der Waals surface area contributed by atoms with Crippen LogP contribution in [0.15, 0.2) is 29.2 Å². The zero-order valence-corrected chi connectivity index (χ0v) is 8.90. The molecule has 0 amide bonds. The first-order valence-corrected chi connectivity index (χ1v) is 6.02. The molecule has 0 fully saturated rings. The molecule has 0 unspecified atom stereocenters. The summed E-state index contributed by atoms with van der Waals surface area (Å²) in [6, 6.07) is 8.39. The van der Waals surface area contributed by atoms with Crippen LogP contribution in [0.1, 0.15) is 25.3 Å². The molecule has 0 aliphatic rings. The van der Waals surface area contributed by atoms with Gasteiger partial charge in [0.25, 0.3) is 0 Å². The van der Waals surface area contributed by atoms with Crippen molar-refractivity contribution in [2.24, 2.45) is 0 Å². The maximum absolute atomic E-state index is 5.11. The molecule has 3 heteroatoms. The monoisotopic (exact) mass is 236 g/mol. The Labute approximate surface area is 104 Å². The summed E-state index contributed by atoms with van der Waals surface area (Å²) < 4.78 is 0. The van der Waals surface area contributed by atoms with Crippen LogP contribution in [0.25, 0.3) is 0 Å². The van der Waals surface area contributed by atoms with Crippen molar-refractivity contribution in [2.75, 3.05) is 0 Å². The SMILES string of the molecule is CCCCc1ccccc1[S][Cu].[LiH]. The van der Waals surface area contributed by atoms with Crippen molar-refractivity contribution in [1.82, 2.24) is 0 Å². The molecule has 0 saturated carbocycles. The Morgan fingerprint density at radius 1 is 1.31 bits per heavy atom. The van der Waals surface area contributed by atoms with Crippen LogP contribution in [-0.4, -0.2) is 18.9 Å². The molecule has 0 bridgehead atoms. The van der Waals surface area contributed by atoms with Crippen molar-refractivity contribution in [3.8, 4) is 0 Å². The van der Waals surface area contributed by atoms with E-state index in [1.165, 1.54) is 33.5 Å². The molecule has 1 aromatic rings. The Morgan fingerprint density at radius 2 is 2.00 bits per heavy atom. The Hall–Kier alpha value is 0.687. The van der Waals surface area contributed by atoms with Crippen LogP contribution in [0.5, 0.6) is 0 Å². The quantitative estimate of drug-likeness (QED) is 0.725. The average Bonchev–Trinajstić information content (AvgIpc) is 2.15. The third kappa shape index (κ3) is 4.63. The van der Waals surface area contributed by atoms with Gasteiger partial charge in [0.2, 0.25) is 0 Å². The molecule has 0 spiro atoms. The number of benzene rings is 1. The molecule has 0 nitrogen and oxygen atoms in total. The van der Waals surface area contributed by atoms with Crippen molar-refractivity contribution in [3.05, 3.63) is 29.8 Å². The first-order chi connectivity index (χ1) is 5.88. The molecule has 0 heterocycles. The van der Waals surface area contributed by atoms with E-state index in [0.29, 0.717) is 0 Å². The van der Waals surface area contributed by atoms with Crippen LogP contribution in [0.2, 0.25) is 0 Å². The van der Waals surface area contributed by atoms with Crippen molar-refractivity contribution >= 4 is 29.0 Å². The fraction of sp³-hybridized carbons (Fsp3) is 0.400. The van der Waals surface area contributed by atoms with E-state index in [2.05, 4.69) is 25.1 Å². The average molecular weight is 237 g/mol. The van der Waals surface area contributed by atoms with Gasteiger partial charge in [-0.1, -0.05) is 0 Å². The van der Waals surface area contributed by atoms with Gasteiger partial charge < -0.3 is 0 Å². The number of unbranched alkanes of at least 4 members (excludes halogenated alkanes) is 1. The predicted octanol–water partition coefficient (Wildman–Crippen LogP) is 2.93. The van der Waals surface area contributed by atoms with Gasteiger partial charge in [-0.25, -0.2) is 0 Å². The van der Waals surface area contributed by atoms with Crippen molar-refractivity contribution in [3.63, 3.8) is 0 Å². The van der Waals surface area contributed by atoms with Crippen LogP contribution >= 0.6 is 10.2 Å². The summed E-state index contributed by atoms with van der Waals surface area (Å²) in [5.41, 5.74) is 1.40. The van der Waals surface area contributed by atoms with Crippen molar-refractivity contribution in [2.45, 2.75) is 31.1 Å². The fourth-order valence-electron chi connectivity index (χ4n) is 1.14. The molecule has 0 aromatic heterocycles. The fourth-order valence-corrected chi connectivity index (χ4v) is 2.07. The van der Waals surface area contributed by atoms with Gasteiger partial charge in [0.15, 0.2) is 0 Å². The molecule has 0 N–H and O–H groups in total. The van der Waals surface area contributed by atoms with Crippen LogP contribution in [0.4, 0.5) is 0 Å². The van der Waals surface area contributed by atoms with E-state index in [0.717, 1.165) is 6.42 Å². The number of aryl methyl sites for hydroxylation is 1. The van der Waals surface area contributed by atoms with Gasteiger partial charge >= 0.3 is 105 Å². The third-order valence-corrected chi connectivity index (χ3v) is 2.99. The number of rotatable bonds is 4. The predicted molar refractivity (Wildman–Crippen MR) is 58.1 cm³/mol.